The molecule has 0 amide bonds. The van der Waals surface area contributed by atoms with Crippen molar-refractivity contribution in [3.63, 3.8) is 0 Å². The van der Waals surface area contributed by atoms with E-state index in [0.29, 0.717) is 23.1 Å². The van der Waals surface area contributed by atoms with E-state index in [9.17, 15) is 18.0 Å². The predicted octanol–water partition coefficient (Wildman–Crippen LogP) is 2.88. The molecule has 2 aromatic carbocycles. The van der Waals surface area contributed by atoms with Crippen LogP contribution >= 0.6 is 0 Å². The second kappa shape index (κ2) is 6.46. The lowest BCUT2D eigenvalue weighted by Gasteiger charge is -2.11. The number of benzene rings is 2. The van der Waals surface area contributed by atoms with Crippen LogP contribution in [0.2, 0.25) is 0 Å². The third-order valence-electron chi connectivity index (χ3n) is 3.80. The van der Waals surface area contributed by atoms with Crippen molar-refractivity contribution in [2.45, 2.75) is 6.54 Å². The summed E-state index contributed by atoms with van der Waals surface area (Å²) in [6, 6.07) is 4.44. The van der Waals surface area contributed by atoms with Crippen molar-refractivity contribution in [1.29, 1.82) is 0 Å². The van der Waals surface area contributed by atoms with Gasteiger partial charge in [0.2, 0.25) is 0 Å². The molecule has 0 aliphatic carbocycles. The molecule has 0 radical (unpaired) electrons. The standard InChI is InChI=1S/C17H13F3N2O3/c1-24-14-5-9-13(6-15(14)25-2)21-8-22(17(9)23)7-10-11(18)3-4-12(19)16(10)20/h3-6,8H,7H2,1-2H3. The minimum absolute atomic E-state index is 0.178. The number of aromatic nitrogens is 2. The van der Waals surface area contributed by atoms with Gasteiger partial charge in [-0.3, -0.25) is 9.36 Å². The molecule has 0 saturated carbocycles. The van der Waals surface area contributed by atoms with Crippen LogP contribution in [0, 0.1) is 17.5 Å². The highest BCUT2D eigenvalue weighted by Gasteiger charge is 2.16. The Labute approximate surface area is 140 Å². The van der Waals surface area contributed by atoms with E-state index in [1.54, 1.807) is 0 Å². The van der Waals surface area contributed by atoms with Gasteiger partial charge in [-0.05, 0) is 18.2 Å². The summed E-state index contributed by atoms with van der Waals surface area (Å²) in [6.07, 6.45) is 1.14. The lowest BCUT2D eigenvalue weighted by Crippen LogP contribution is -2.22. The van der Waals surface area contributed by atoms with E-state index in [2.05, 4.69) is 4.98 Å². The van der Waals surface area contributed by atoms with E-state index in [1.165, 1.54) is 26.4 Å². The van der Waals surface area contributed by atoms with Crippen molar-refractivity contribution in [3.8, 4) is 11.5 Å². The zero-order valence-corrected chi connectivity index (χ0v) is 13.3. The Morgan fingerprint density at radius 1 is 1.04 bits per heavy atom. The molecule has 8 heteroatoms. The average molecular weight is 350 g/mol. The highest BCUT2D eigenvalue weighted by Crippen LogP contribution is 2.29. The van der Waals surface area contributed by atoms with Gasteiger partial charge >= 0.3 is 0 Å². The minimum atomic E-state index is -1.33. The maximum atomic E-state index is 13.8. The van der Waals surface area contributed by atoms with Gasteiger partial charge < -0.3 is 9.47 Å². The van der Waals surface area contributed by atoms with Gasteiger partial charge in [-0.15, -0.1) is 0 Å². The first kappa shape index (κ1) is 16.8. The summed E-state index contributed by atoms with van der Waals surface area (Å²) in [5.41, 5.74) is -0.767. The zero-order valence-electron chi connectivity index (χ0n) is 13.3. The molecule has 25 heavy (non-hydrogen) atoms. The Bertz CT molecular complexity index is 1020. The normalized spacial score (nSPS) is 10.9. The molecule has 0 unspecified atom stereocenters. The van der Waals surface area contributed by atoms with Crippen LogP contribution in [0.5, 0.6) is 11.5 Å². The van der Waals surface area contributed by atoms with Gasteiger partial charge in [0.25, 0.3) is 5.56 Å². The molecule has 3 aromatic rings. The van der Waals surface area contributed by atoms with Crippen molar-refractivity contribution in [2.75, 3.05) is 14.2 Å². The first-order chi connectivity index (χ1) is 12.0. The highest BCUT2D eigenvalue weighted by molar-refractivity contribution is 5.81. The average Bonchev–Trinajstić information content (AvgIpc) is 2.62. The van der Waals surface area contributed by atoms with E-state index < -0.39 is 35.1 Å². The van der Waals surface area contributed by atoms with Gasteiger partial charge in [-0.25, -0.2) is 18.2 Å². The molecule has 5 nitrogen and oxygen atoms in total. The number of hydrogen-bond acceptors (Lipinski definition) is 4. The molecular formula is C17H13F3N2O3. The third kappa shape index (κ3) is 2.90. The predicted molar refractivity (Wildman–Crippen MR) is 84.5 cm³/mol. The molecule has 0 atom stereocenters. The Hall–Kier alpha value is -3.03. The minimum Gasteiger partial charge on any atom is -0.493 e. The Morgan fingerprint density at radius 3 is 2.36 bits per heavy atom. The van der Waals surface area contributed by atoms with Gasteiger partial charge in [-0.2, -0.15) is 0 Å². The number of rotatable bonds is 4. The number of nitrogens with zero attached hydrogens (tertiary/aromatic N) is 2. The smallest absolute Gasteiger partial charge is 0.261 e. The van der Waals surface area contributed by atoms with Crippen molar-refractivity contribution >= 4 is 10.9 Å². The van der Waals surface area contributed by atoms with Crippen LogP contribution in [0.15, 0.2) is 35.4 Å². The number of fused-ring (bicyclic) bond motifs is 1. The Kier molecular flexibility index (Phi) is 4.35. The van der Waals surface area contributed by atoms with Crippen LogP contribution in [0.25, 0.3) is 10.9 Å². The summed E-state index contributed by atoms with van der Waals surface area (Å²) in [4.78, 5) is 16.7. The van der Waals surface area contributed by atoms with E-state index in [0.717, 1.165) is 17.0 Å². The van der Waals surface area contributed by atoms with Gasteiger partial charge in [0.05, 0.1) is 38.0 Å². The number of methoxy groups -OCH3 is 2. The van der Waals surface area contributed by atoms with Crippen LogP contribution in [0.3, 0.4) is 0 Å². The van der Waals surface area contributed by atoms with E-state index in [-0.39, 0.29) is 5.39 Å². The zero-order chi connectivity index (χ0) is 18.1. The van der Waals surface area contributed by atoms with Crippen LogP contribution in [-0.2, 0) is 6.54 Å². The topological polar surface area (TPSA) is 53.4 Å². The first-order valence-electron chi connectivity index (χ1n) is 7.19. The van der Waals surface area contributed by atoms with Crippen LogP contribution in [0.1, 0.15) is 5.56 Å². The molecule has 1 heterocycles. The maximum Gasteiger partial charge on any atom is 0.261 e. The molecule has 3 rings (SSSR count). The molecule has 130 valence electrons. The summed E-state index contributed by atoms with van der Waals surface area (Å²) in [7, 11) is 2.86. The number of hydrogen-bond donors (Lipinski definition) is 0. The maximum absolute atomic E-state index is 13.8. The number of ether oxygens (including phenoxy) is 2. The Morgan fingerprint density at radius 2 is 1.68 bits per heavy atom. The van der Waals surface area contributed by atoms with E-state index in [1.807, 2.05) is 0 Å². The Balaban J connectivity index is 2.14. The van der Waals surface area contributed by atoms with Gasteiger partial charge in [-0.1, -0.05) is 0 Å². The molecule has 0 fully saturated rings. The molecule has 0 aliphatic heterocycles. The molecule has 0 bridgehead atoms. The summed E-state index contributed by atoms with van der Waals surface area (Å²) >= 11 is 0. The fourth-order valence-corrected chi connectivity index (χ4v) is 2.48. The second-order valence-electron chi connectivity index (χ2n) is 5.22. The monoisotopic (exact) mass is 350 g/mol. The summed E-state index contributed by atoms with van der Waals surface area (Å²) < 4.78 is 52.2. The van der Waals surface area contributed by atoms with Crippen molar-refractivity contribution in [3.05, 3.63) is 64.0 Å². The SMILES string of the molecule is COc1cc2ncn(Cc3c(F)ccc(F)c3F)c(=O)c2cc1OC. The molecule has 0 aliphatic rings. The highest BCUT2D eigenvalue weighted by atomic mass is 19.2. The molecule has 0 N–H and O–H groups in total. The molecule has 1 aromatic heterocycles. The molecule has 0 spiro atoms. The van der Waals surface area contributed by atoms with E-state index in [4.69, 9.17) is 9.47 Å². The first-order valence-corrected chi connectivity index (χ1v) is 7.19. The van der Waals surface area contributed by atoms with E-state index >= 15 is 0 Å². The van der Waals surface area contributed by atoms with Crippen LogP contribution < -0.4 is 15.0 Å². The summed E-state index contributed by atoms with van der Waals surface area (Å²) in [6.45, 7) is -0.494. The van der Waals surface area contributed by atoms with Crippen LogP contribution in [-0.4, -0.2) is 23.8 Å². The summed E-state index contributed by atoms with van der Waals surface area (Å²) in [5, 5.41) is 0.178. The quantitative estimate of drug-likeness (QED) is 0.679. The van der Waals surface area contributed by atoms with Crippen molar-refractivity contribution in [2.24, 2.45) is 0 Å². The summed E-state index contributed by atoms with van der Waals surface area (Å²) in [5.74, 6) is -2.77. The van der Waals surface area contributed by atoms with Crippen LogP contribution in [0.4, 0.5) is 13.2 Å². The molecular weight excluding hydrogens is 337 g/mol. The lowest BCUT2D eigenvalue weighted by molar-refractivity contribution is 0.355. The molecule has 0 saturated heterocycles. The third-order valence-corrected chi connectivity index (χ3v) is 3.80. The largest absolute Gasteiger partial charge is 0.493 e. The fourth-order valence-electron chi connectivity index (χ4n) is 2.48. The van der Waals surface area contributed by atoms with Crippen molar-refractivity contribution in [1.82, 2.24) is 9.55 Å². The second-order valence-corrected chi connectivity index (χ2v) is 5.22. The number of halogens is 3. The van der Waals surface area contributed by atoms with Gasteiger partial charge in [0.1, 0.15) is 5.82 Å². The van der Waals surface area contributed by atoms with Crippen molar-refractivity contribution < 1.29 is 22.6 Å². The fraction of sp³-hybridized carbons (Fsp3) is 0.176. The lowest BCUT2D eigenvalue weighted by atomic mass is 10.1. The van der Waals surface area contributed by atoms with Gasteiger partial charge in [0.15, 0.2) is 23.1 Å². The van der Waals surface area contributed by atoms with Gasteiger partial charge in [0, 0.05) is 11.6 Å².